The van der Waals surface area contributed by atoms with Crippen molar-refractivity contribution in [3.8, 4) is 0 Å². The summed E-state index contributed by atoms with van der Waals surface area (Å²) in [5.41, 5.74) is 2.33. The van der Waals surface area contributed by atoms with Crippen LogP contribution in [0.15, 0.2) is 0 Å². The Balaban J connectivity index is 4.15. The van der Waals surface area contributed by atoms with E-state index >= 15 is 0 Å². The molecular weight excluding hydrogens is 171 g/mol. The Morgan fingerprint density at radius 3 is 2.20 bits per heavy atom. The maximum atomic E-state index is 5.87. The summed E-state index contributed by atoms with van der Waals surface area (Å²) >= 11 is 11.6. The number of hydrogen-bond acceptors (Lipinski definition) is 2. The van der Waals surface area contributed by atoms with Gasteiger partial charge in [0.15, 0.2) is 0 Å². The van der Waals surface area contributed by atoms with Gasteiger partial charge < -0.3 is 0 Å². The molecule has 2 nitrogen and oxygen atoms in total. The highest BCUT2D eigenvalue weighted by Gasteiger charge is 2.30. The molecule has 0 spiro atoms. The zero-order valence-electron chi connectivity index (χ0n) is 6.32. The van der Waals surface area contributed by atoms with Gasteiger partial charge in [-0.1, -0.05) is 6.92 Å². The number of rotatable bonds is 4. The lowest BCUT2D eigenvalue weighted by Crippen LogP contribution is -2.56. The molecule has 62 valence electrons. The van der Waals surface area contributed by atoms with Gasteiger partial charge in [0.05, 0.1) is 10.9 Å². The van der Waals surface area contributed by atoms with Crippen LogP contribution in [-0.2, 0) is 0 Å². The van der Waals surface area contributed by atoms with E-state index < -0.39 is 0 Å². The second kappa shape index (κ2) is 4.39. The third-order valence-electron chi connectivity index (χ3n) is 1.92. The van der Waals surface area contributed by atoms with Gasteiger partial charge in [-0.05, 0) is 13.3 Å². The fourth-order valence-electron chi connectivity index (χ4n) is 0.738. The normalized spacial score (nSPS) is 20.1. The van der Waals surface area contributed by atoms with Crippen LogP contribution >= 0.6 is 23.2 Å². The van der Waals surface area contributed by atoms with E-state index in [1.807, 2.05) is 13.8 Å². The van der Waals surface area contributed by atoms with Crippen molar-refractivity contribution in [2.24, 2.45) is 5.84 Å². The molecule has 0 bridgehead atoms. The van der Waals surface area contributed by atoms with E-state index in [0.717, 1.165) is 6.42 Å². The van der Waals surface area contributed by atoms with Crippen molar-refractivity contribution in [1.29, 1.82) is 0 Å². The van der Waals surface area contributed by atoms with Gasteiger partial charge in [0, 0.05) is 5.88 Å². The van der Waals surface area contributed by atoms with Crippen LogP contribution in [0.25, 0.3) is 0 Å². The first-order chi connectivity index (χ1) is 4.63. The van der Waals surface area contributed by atoms with Crippen molar-refractivity contribution >= 4 is 23.2 Å². The zero-order chi connectivity index (χ0) is 8.20. The Hall–Kier alpha value is 0.500. The van der Waals surface area contributed by atoms with Gasteiger partial charge >= 0.3 is 0 Å². The predicted molar refractivity (Wildman–Crippen MR) is 46.4 cm³/mol. The smallest absolute Gasteiger partial charge is 0.0614 e. The summed E-state index contributed by atoms with van der Waals surface area (Å²) in [6.45, 7) is 3.88. The quantitative estimate of drug-likeness (QED) is 0.395. The summed E-state index contributed by atoms with van der Waals surface area (Å²) in [7, 11) is 0. The minimum atomic E-state index is -0.316. The standard InChI is InChI=1S/C6H14Cl2N2/c1-3-6(4-7,10-9)5(2)8/h5,10H,3-4,9H2,1-2H3. The van der Waals surface area contributed by atoms with E-state index in [-0.39, 0.29) is 10.9 Å². The molecule has 2 atom stereocenters. The lowest BCUT2D eigenvalue weighted by molar-refractivity contribution is 0.349. The number of alkyl halides is 2. The van der Waals surface area contributed by atoms with Crippen molar-refractivity contribution in [2.75, 3.05) is 5.88 Å². The lowest BCUT2D eigenvalue weighted by atomic mass is 9.96. The van der Waals surface area contributed by atoms with E-state index in [9.17, 15) is 0 Å². The summed E-state index contributed by atoms with van der Waals surface area (Å²) in [5, 5.41) is -0.0556. The first-order valence-corrected chi connectivity index (χ1v) is 4.28. The van der Waals surface area contributed by atoms with Crippen molar-refractivity contribution in [2.45, 2.75) is 31.2 Å². The molecular formula is C6H14Cl2N2. The molecule has 0 aliphatic carbocycles. The summed E-state index contributed by atoms with van der Waals surface area (Å²) in [6, 6.07) is 0. The molecule has 0 rings (SSSR count). The molecule has 10 heavy (non-hydrogen) atoms. The fourth-order valence-corrected chi connectivity index (χ4v) is 1.61. The van der Waals surface area contributed by atoms with Gasteiger partial charge in [-0.3, -0.25) is 11.3 Å². The monoisotopic (exact) mass is 184 g/mol. The third-order valence-corrected chi connectivity index (χ3v) is 2.81. The molecule has 0 amide bonds. The van der Waals surface area contributed by atoms with E-state index in [2.05, 4.69) is 5.43 Å². The highest BCUT2D eigenvalue weighted by atomic mass is 35.5. The van der Waals surface area contributed by atoms with Crippen molar-refractivity contribution in [1.82, 2.24) is 5.43 Å². The summed E-state index contributed by atoms with van der Waals surface area (Å²) in [5.74, 6) is 5.75. The lowest BCUT2D eigenvalue weighted by Gasteiger charge is -2.32. The SMILES string of the molecule is CCC(CCl)(NN)C(C)Cl. The van der Waals surface area contributed by atoms with Crippen LogP contribution in [-0.4, -0.2) is 16.8 Å². The molecule has 0 aromatic rings. The van der Waals surface area contributed by atoms with Crippen LogP contribution in [0.1, 0.15) is 20.3 Å². The van der Waals surface area contributed by atoms with Gasteiger partial charge in [0.2, 0.25) is 0 Å². The second-order valence-electron chi connectivity index (χ2n) is 2.40. The van der Waals surface area contributed by atoms with Crippen LogP contribution in [0.3, 0.4) is 0 Å². The van der Waals surface area contributed by atoms with E-state index in [1.165, 1.54) is 0 Å². The topological polar surface area (TPSA) is 38.0 Å². The Labute approximate surface area is 72.0 Å². The minimum Gasteiger partial charge on any atom is -0.271 e. The first kappa shape index (κ1) is 10.5. The molecule has 0 heterocycles. The molecule has 2 unspecified atom stereocenters. The molecule has 0 aromatic carbocycles. The van der Waals surface area contributed by atoms with Crippen LogP contribution in [0.2, 0.25) is 0 Å². The number of hydrazine groups is 1. The summed E-state index contributed by atoms with van der Waals surface area (Å²) in [6.07, 6.45) is 0.831. The highest BCUT2D eigenvalue weighted by Crippen LogP contribution is 2.20. The average Bonchev–Trinajstić information content (AvgIpc) is 1.92. The molecule has 4 heteroatoms. The highest BCUT2D eigenvalue weighted by molar-refractivity contribution is 6.23. The fraction of sp³-hybridized carbons (Fsp3) is 1.00. The van der Waals surface area contributed by atoms with Crippen LogP contribution in [0.4, 0.5) is 0 Å². The van der Waals surface area contributed by atoms with Crippen LogP contribution < -0.4 is 11.3 Å². The molecule has 0 saturated carbocycles. The van der Waals surface area contributed by atoms with Gasteiger partial charge in [-0.2, -0.15) is 0 Å². The zero-order valence-corrected chi connectivity index (χ0v) is 7.84. The second-order valence-corrected chi connectivity index (χ2v) is 3.33. The van der Waals surface area contributed by atoms with Gasteiger partial charge in [0.25, 0.3) is 0 Å². The third kappa shape index (κ3) is 1.99. The number of nitrogens with two attached hydrogens (primary N) is 1. The van der Waals surface area contributed by atoms with Crippen LogP contribution in [0, 0.1) is 0 Å². The van der Waals surface area contributed by atoms with Gasteiger partial charge in [0.1, 0.15) is 0 Å². The predicted octanol–water partition coefficient (Wildman–Crippen LogP) is 1.46. The average molecular weight is 185 g/mol. The molecule has 0 saturated heterocycles. The molecule has 0 aliphatic rings. The Bertz CT molecular complexity index is 83.5. The Kier molecular flexibility index (Phi) is 4.61. The summed E-state index contributed by atoms with van der Waals surface area (Å²) in [4.78, 5) is 0. The first-order valence-electron chi connectivity index (χ1n) is 3.30. The number of halogens is 2. The van der Waals surface area contributed by atoms with Crippen molar-refractivity contribution in [3.63, 3.8) is 0 Å². The molecule has 0 radical (unpaired) electrons. The molecule has 0 aliphatic heterocycles. The molecule has 0 aromatic heterocycles. The van der Waals surface area contributed by atoms with Gasteiger partial charge in [-0.15, -0.1) is 23.2 Å². The maximum Gasteiger partial charge on any atom is 0.0614 e. The number of nitrogens with one attached hydrogen (secondary N) is 1. The van der Waals surface area contributed by atoms with Gasteiger partial charge in [-0.25, -0.2) is 0 Å². The number of hydrogen-bond donors (Lipinski definition) is 2. The maximum absolute atomic E-state index is 5.87. The summed E-state index contributed by atoms with van der Waals surface area (Å²) < 4.78 is 0. The van der Waals surface area contributed by atoms with E-state index in [1.54, 1.807) is 0 Å². The van der Waals surface area contributed by atoms with E-state index in [0.29, 0.717) is 5.88 Å². The minimum absolute atomic E-state index is 0.0556. The van der Waals surface area contributed by atoms with E-state index in [4.69, 9.17) is 29.0 Å². The Morgan fingerprint density at radius 1 is 1.70 bits per heavy atom. The molecule has 3 N–H and O–H groups in total. The van der Waals surface area contributed by atoms with Crippen molar-refractivity contribution < 1.29 is 0 Å². The largest absolute Gasteiger partial charge is 0.271 e. The Morgan fingerprint density at radius 2 is 2.20 bits per heavy atom. The van der Waals surface area contributed by atoms with Crippen molar-refractivity contribution in [3.05, 3.63) is 0 Å². The van der Waals surface area contributed by atoms with Crippen LogP contribution in [0.5, 0.6) is 0 Å². The molecule has 0 fully saturated rings.